The summed E-state index contributed by atoms with van der Waals surface area (Å²) in [6.07, 6.45) is 0. The minimum Gasteiger partial charge on any atom is -0.494 e. The number of ether oxygens (including phenoxy) is 1. The average molecular weight is 443 g/mol. The summed E-state index contributed by atoms with van der Waals surface area (Å²) in [5, 5.41) is 4.09. The van der Waals surface area contributed by atoms with Gasteiger partial charge in [-0.25, -0.2) is 8.42 Å². The van der Waals surface area contributed by atoms with E-state index in [1.54, 1.807) is 24.3 Å². The van der Waals surface area contributed by atoms with Gasteiger partial charge in [0.2, 0.25) is 21.7 Å². The zero-order chi connectivity index (χ0) is 21.8. The molecule has 1 aliphatic rings. The smallest absolute Gasteiger partial charge is 0.244 e. The molecule has 0 spiro atoms. The van der Waals surface area contributed by atoms with Crippen molar-refractivity contribution in [3.63, 3.8) is 0 Å². The van der Waals surface area contributed by atoms with Crippen LogP contribution in [0, 0.1) is 0 Å². The lowest BCUT2D eigenvalue weighted by molar-refractivity contribution is 0.124. The Hall–Kier alpha value is -2.75. The van der Waals surface area contributed by atoms with Crippen molar-refractivity contribution in [1.82, 2.24) is 19.3 Å². The van der Waals surface area contributed by atoms with Gasteiger partial charge in [-0.15, -0.1) is 0 Å². The van der Waals surface area contributed by atoms with Gasteiger partial charge in [-0.2, -0.15) is 9.29 Å². The van der Waals surface area contributed by atoms with Crippen molar-refractivity contribution in [3.8, 4) is 17.1 Å². The van der Waals surface area contributed by atoms with Crippen LogP contribution in [0.5, 0.6) is 5.75 Å². The number of hydrogen-bond donors (Lipinski definition) is 0. The van der Waals surface area contributed by atoms with Crippen molar-refractivity contribution in [2.75, 3.05) is 32.8 Å². The van der Waals surface area contributed by atoms with E-state index in [-0.39, 0.29) is 10.9 Å². The Kier molecular flexibility index (Phi) is 6.35. The number of aromatic nitrogens is 2. The van der Waals surface area contributed by atoms with E-state index >= 15 is 0 Å². The first-order valence-corrected chi connectivity index (χ1v) is 11.8. The van der Waals surface area contributed by atoms with Gasteiger partial charge in [-0.1, -0.05) is 35.5 Å². The molecule has 2 aromatic carbocycles. The lowest BCUT2D eigenvalue weighted by Crippen LogP contribution is -2.49. The molecule has 0 bridgehead atoms. The van der Waals surface area contributed by atoms with Gasteiger partial charge < -0.3 is 9.26 Å². The van der Waals surface area contributed by atoms with E-state index in [2.05, 4.69) is 15.0 Å². The second kappa shape index (κ2) is 9.17. The van der Waals surface area contributed by atoms with E-state index in [1.165, 1.54) is 4.31 Å². The van der Waals surface area contributed by atoms with Gasteiger partial charge in [0.1, 0.15) is 5.75 Å². The molecule has 0 N–H and O–H groups in total. The molecule has 1 aliphatic heterocycles. The van der Waals surface area contributed by atoms with Crippen LogP contribution in [0.2, 0.25) is 0 Å². The molecule has 1 fully saturated rings. The number of nitrogens with zero attached hydrogens (tertiary/aromatic N) is 4. The Balaban J connectivity index is 1.39. The van der Waals surface area contributed by atoms with Crippen molar-refractivity contribution >= 4 is 10.0 Å². The highest BCUT2D eigenvalue weighted by Crippen LogP contribution is 2.26. The Bertz CT molecular complexity index is 1090. The summed E-state index contributed by atoms with van der Waals surface area (Å²) < 4.78 is 38.4. The molecular formula is C22H26N4O4S. The number of piperazine rings is 1. The maximum absolute atomic E-state index is 13.0. The monoisotopic (exact) mass is 442 g/mol. The molecular weight excluding hydrogens is 416 g/mol. The third-order valence-electron chi connectivity index (χ3n) is 5.42. The van der Waals surface area contributed by atoms with E-state index in [1.807, 2.05) is 44.2 Å². The van der Waals surface area contributed by atoms with Gasteiger partial charge in [0.15, 0.2) is 0 Å². The Morgan fingerprint density at radius 1 is 1.03 bits per heavy atom. The minimum atomic E-state index is -3.54. The number of rotatable bonds is 7. The van der Waals surface area contributed by atoms with Crippen LogP contribution >= 0.6 is 0 Å². The average Bonchev–Trinajstić information content (AvgIpc) is 3.30. The molecule has 164 valence electrons. The van der Waals surface area contributed by atoms with Crippen LogP contribution in [-0.2, 0) is 10.0 Å². The number of hydrogen-bond acceptors (Lipinski definition) is 7. The second-order valence-electron chi connectivity index (χ2n) is 7.34. The summed E-state index contributed by atoms with van der Waals surface area (Å²) in [6.45, 7) is 6.40. The highest BCUT2D eigenvalue weighted by atomic mass is 32.2. The van der Waals surface area contributed by atoms with Crippen LogP contribution < -0.4 is 4.74 Å². The van der Waals surface area contributed by atoms with Gasteiger partial charge >= 0.3 is 0 Å². The van der Waals surface area contributed by atoms with Gasteiger partial charge in [0.05, 0.1) is 17.5 Å². The first-order chi connectivity index (χ1) is 15.0. The SMILES string of the molecule is CCOc1ccc(S(=O)(=O)N2CCN(C(C)c3nc(-c4ccccc4)no3)CC2)cc1. The molecule has 1 saturated heterocycles. The largest absolute Gasteiger partial charge is 0.494 e. The van der Waals surface area contributed by atoms with Crippen LogP contribution in [0.1, 0.15) is 25.8 Å². The minimum absolute atomic E-state index is 0.0970. The topological polar surface area (TPSA) is 88.8 Å². The molecule has 3 aromatic rings. The van der Waals surface area contributed by atoms with E-state index < -0.39 is 10.0 Å². The lowest BCUT2D eigenvalue weighted by atomic mass is 10.2. The maximum atomic E-state index is 13.0. The predicted octanol–water partition coefficient (Wildman–Crippen LogP) is 3.20. The zero-order valence-electron chi connectivity index (χ0n) is 17.6. The summed E-state index contributed by atoms with van der Waals surface area (Å²) in [6, 6.07) is 16.1. The molecule has 9 heteroatoms. The van der Waals surface area contributed by atoms with Crippen LogP contribution in [0.3, 0.4) is 0 Å². The fourth-order valence-electron chi connectivity index (χ4n) is 3.62. The van der Waals surface area contributed by atoms with Crippen LogP contribution in [0.4, 0.5) is 0 Å². The molecule has 4 rings (SSSR count). The third kappa shape index (κ3) is 4.63. The quantitative estimate of drug-likeness (QED) is 0.555. The first kappa shape index (κ1) is 21.5. The van der Waals surface area contributed by atoms with Gasteiger partial charge in [0.25, 0.3) is 0 Å². The van der Waals surface area contributed by atoms with Crippen molar-refractivity contribution in [2.45, 2.75) is 24.8 Å². The van der Waals surface area contributed by atoms with Crippen LogP contribution in [-0.4, -0.2) is 60.5 Å². The second-order valence-corrected chi connectivity index (χ2v) is 9.28. The maximum Gasteiger partial charge on any atom is 0.244 e. The standard InChI is InChI=1S/C22H26N4O4S/c1-3-29-19-9-11-20(12-10-19)31(27,28)26-15-13-25(14-16-26)17(2)22-23-21(24-30-22)18-7-5-4-6-8-18/h4-12,17H,3,13-16H2,1-2H3. The highest BCUT2D eigenvalue weighted by molar-refractivity contribution is 7.89. The first-order valence-electron chi connectivity index (χ1n) is 10.3. The summed E-state index contributed by atoms with van der Waals surface area (Å²) in [4.78, 5) is 6.97. The Morgan fingerprint density at radius 2 is 1.71 bits per heavy atom. The molecule has 8 nitrogen and oxygen atoms in total. The van der Waals surface area contributed by atoms with Crippen LogP contribution in [0.15, 0.2) is 64.0 Å². The lowest BCUT2D eigenvalue weighted by Gasteiger charge is -2.36. The molecule has 0 radical (unpaired) electrons. The molecule has 0 saturated carbocycles. The molecule has 31 heavy (non-hydrogen) atoms. The van der Waals surface area contributed by atoms with Crippen molar-refractivity contribution in [2.24, 2.45) is 0 Å². The van der Waals surface area contributed by atoms with E-state index in [0.29, 0.717) is 50.3 Å². The third-order valence-corrected chi connectivity index (χ3v) is 7.34. The Morgan fingerprint density at radius 3 is 2.35 bits per heavy atom. The molecule has 0 aliphatic carbocycles. The fourth-order valence-corrected chi connectivity index (χ4v) is 5.04. The van der Waals surface area contributed by atoms with Gasteiger partial charge in [-0.3, -0.25) is 4.90 Å². The normalized spacial score (nSPS) is 16.8. The van der Waals surface area contributed by atoms with E-state index in [0.717, 1.165) is 5.56 Å². The molecule has 1 aromatic heterocycles. The summed E-state index contributed by atoms with van der Waals surface area (Å²) in [5.41, 5.74) is 0.899. The molecule has 0 amide bonds. The number of benzene rings is 2. The van der Waals surface area contributed by atoms with Crippen molar-refractivity contribution < 1.29 is 17.7 Å². The molecule has 1 atom stereocenters. The highest BCUT2D eigenvalue weighted by Gasteiger charge is 2.32. The van der Waals surface area contributed by atoms with Crippen molar-refractivity contribution in [3.05, 3.63) is 60.5 Å². The summed E-state index contributed by atoms with van der Waals surface area (Å²) in [5.74, 6) is 1.75. The molecule has 2 heterocycles. The predicted molar refractivity (Wildman–Crippen MR) is 116 cm³/mol. The zero-order valence-corrected chi connectivity index (χ0v) is 18.5. The fraction of sp³-hybridized carbons (Fsp3) is 0.364. The summed E-state index contributed by atoms with van der Waals surface area (Å²) >= 11 is 0. The van der Waals surface area contributed by atoms with E-state index in [9.17, 15) is 8.42 Å². The van der Waals surface area contributed by atoms with Crippen LogP contribution in [0.25, 0.3) is 11.4 Å². The Labute approximate surface area is 182 Å². The number of sulfonamides is 1. The summed E-state index contributed by atoms with van der Waals surface area (Å²) in [7, 11) is -3.54. The van der Waals surface area contributed by atoms with Crippen molar-refractivity contribution in [1.29, 1.82) is 0 Å². The van der Waals surface area contributed by atoms with E-state index in [4.69, 9.17) is 9.26 Å². The van der Waals surface area contributed by atoms with Gasteiger partial charge in [0, 0.05) is 31.7 Å². The molecule has 1 unspecified atom stereocenters. The van der Waals surface area contributed by atoms with Gasteiger partial charge in [-0.05, 0) is 38.1 Å².